The molecule has 0 heterocycles. The minimum atomic E-state index is -0.286. The summed E-state index contributed by atoms with van der Waals surface area (Å²) in [5.74, 6) is 0.305. The SMILES string of the molecule is CC1=CC(=O)[C@H]2C(c3ccccc3)CC(=O)[C@@H]1C2(C)C. The first-order chi connectivity index (χ1) is 9.43. The Labute approximate surface area is 119 Å². The van der Waals surface area contributed by atoms with Gasteiger partial charge in [-0.3, -0.25) is 9.59 Å². The van der Waals surface area contributed by atoms with Crippen molar-refractivity contribution in [2.75, 3.05) is 0 Å². The molecule has 2 nitrogen and oxygen atoms in total. The molecule has 1 aromatic rings. The molecule has 1 saturated carbocycles. The smallest absolute Gasteiger partial charge is 0.159 e. The molecule has 3 rings (SSSR count). The van der Waals surface area contributed by atoms with E-state index < -0.39 is 0 Å². The molecule has 0 radical (unpaired) electrons. The molecule has 1 unspecified atom stereocenters. The van der Waals surface area contributed by atoms with Crippen LogP contribution in [-0.4, -0.2) is 11.6 Å². The Morgan fingerprint density at radius 2 is 1.75 bits per heavy atom. The average Bonchev–Trinajstić information content (AvgIpc) is 2.36. The highest BCUT2D eigenvalue weighted by atomic mass is 16.1. The van der Waals surface area contributed by atoms with Gasteiger partial charge in [-0.05, 0) is 24.0 Å². The Morgan fingerprint density at radius 1 is 1.10 bits per heavy atom. The van der Waals surface area contributed by atoms with Crippen LogP contribution in [0.3, 0.4) is 0 Å². The molecule has 2 bridgehead atoms. The lowest BCUT2D eigenvalue weighted by Crippen LogP contribution is -2.51. The standard InChI is InChI=1S/C18H20O2/c1-11-9-14(19)17-13(12-7-5-4-6-8-12)10-15(20)16(11)18(17,2)3/h4-9,13,16-17H,10H2,1-3H3/t13?,16-,17-/m1/s1. The topological polar surface area (TPSA) is 34.1 Å². The molecular formula is C18H20O2. The van der Waals surface area contributed by atoms with Gasteiger partial charge in [0, 0.05) is 24.2 Å². The highest BCUT2D eigenvalue weighted by Crippen LogP contribution is 2.55. The molecule has 2 heteroatoms. The second kappa shape index (κ2) is 4.41. The summed E-state index contributed by atoms with van der Waals surface area (Å²) in [6, 6.07) is 10.00. The minimum Gasteiger partial charge on any atom is -0.299 e. The number of fused-ring (bicyclic) bond motifs is 2. The zero-order valence-corrected chi connectivity index (χ0v) is 12.2. The lowest BCUT2D eigenvalue weighted by molar-refractivity contribution is -0.138. The molecule has 0 spiro atoms. The number of hydrogen-bond acceptors (Lipinski definition) is 2. The predicted molar refractivity (Wildman–Crippen MR) is 78.3 cm³/mol. The maximum absolute atomic E-state index is 12.6. The first kappa shape index (κ1) is 13.3. The molecule has 0 N–H and O–H groups in total. The van der Waals surface area contributed by atoms with Crippen LogP contribution in [0.15, 0.2) is 42.0 Å². The number of carbonyl (C=O) groups is 2. The van der Waals surface area contributed by atoms with Gasteiger partial charge in [-0.15, -0.1) is 0 Å². The van der Waals surface area contributed by atoms with E-state index in [-0.39, 0.29) is 34.7 Å². The third kappa shape index (κ3) is 1.78. The van der Waals surface area contributed by atoms with Crippen LogP contribution in [-0.2, 0) is 9.59 Å². The molecule has 20 heavy (non-hydrogen) atoms. The third-order valence-corrected chi connectivity index (χ3v) is 5.05. The van der Waals surface area contributed by atoms with Crippen molar-refractivity contribution < 1.29 is 9.59 Å². The molecule has 0 saturated heterocycles. The summed E-state index contributed by atoms with van der Waals surface area (Å²) in [4.78, 5) is 25.1. The Hall–Kier alpha value is -1.70. The van der Waals surface area contributed by atoms with E-state index >= 15 is 0 Å². The summed E-state index contributed by atoms with van der Waals surface area (Å²) in [7, 11) is 0. The largest absolute Gasteiger partial charge is 0.299 e. The second-order valence-corrected chi connectivity index (χ2v) is 6.71. The Morgan fingerprint density at radius 3 is 2.40 bits per heavy atom. The normalized spacial score (nSPS) is 31.9. The quantitative estimate of drug-likeness (QED) is 0.780. The maximum Gasteiger partial charge on any atom is 0.159 e. The van der Waals surface area contributed by atoms with Crippen molar-refractivity contribution in [3.05, 3.63) is 47.5 Å². The van der Waals surface area contributed by atoms with E-state index in [1.54, 1.807) is 6.08 Å². The fourth-order valence-electron chi connectivity index (χ4n) is 4.38. The van der Waals surface area contributed by atoms with Gasteiger partial charge < -0.3 is 0 Å². The maximum atomic E-state index is 12.6. The summed E-state index contributed by atoms with van der Waals surface area (Å²) < 4.78 is 0. The second-order valence-electron chi connectivity index (χ2n) is 6.71. The highest BCUT2D eigenvalue weighted by Gasteiger charge is 2.55. The van der Waals surface area contributed by atoms with Crippen LogP contribution in [0.25, 0.3) is 0 Å². The number of benzene rings is 1. The van der Waals surface area contributed by atoms with Crippen LogP contribution in [0.4, 0.5) is 0 Å². The molecule has 104 valence electrons. The zero-order chi connectivity index (χ0) is 14.5. The van der Waals surface area contributed by atoms with Crippen LogP contribution in [0.1, 0.15) is 38.7 Å². The van der Waals surface area contributed by atoms with Gasteiger partial charge in [-0.2, -0.15) is 0 Å². The Kier molecular flexibility index (Phi) is 2.93. The van der Waals surface area contributed by atoms with Crippen molar-refractivity contribution in [2.24, 2.45) is 17.3 Å². The number of hydrogen-bond donors (Lipinski definition) is 0. The van der Waals surface area contributed by atoms with E-state index in [0.717, 1.165) is 11.1 Å². The molecule has 0 aromatic heterocycles. The Bertz CT molecular complexity index is 595. The summed E-state index contributed by atoms with van der Waals surface area (Å²) in [6.07, 6.45) is 2.19. The number of rotatable bonds is 1. The summed E-state index contributed by atoms with van der Waals surface area (Å²) in [6.45, 7) is 6.06. The molecule has 1 aromatic carbocycles. The highest BCUT2D eigenvalue weighted by molar-refractivity contribution is 6.01. The van der Waals surface area contributed by atoms with Crippen molar-refractivity contribution >= 4 is 11.6 Å². The van der Waals surface area contributed by atoms with Crippen molar-refractivity contribution in [3.63, 3.8) is 0 Å². The molecule has 3 atom stereocenters. The molecule has 0 aliphatic heterocycles. The molecule has 2 aliphatic carbocycles. The predicted octanol–water partition coefficient (Wildman–Crippen LogP) is 3.53. The van der Waals surface area contributed by atoms with Gasteiger partial charge in [0.1, 0.15) is 5.78 Å². The lowest BCUT2D eigenvalue weighted by Gasteiger charge is -2.50. The number of ketones is 2. The first-order valence-corrected chi connectivity index (χ1v) is 7.22. The van der Waals surface area contributed by atoms with Gasteiger partial charge in [0.25, 0.3) is 0 Å². The van der Waals surface area contributed by atoms with Crippen LogP contribution in [0.5, 0.6) is 0 Å². The fraction of sp³-hybridized carbons (Fsp3) is 0.444. The van der Waals surface area contributed by atoms with Gasteiger partial charge in [0.15, 0.2) is 5.78 Å². The number of carbonyl (C=O) groups excluding carboxylic acids is 2. The van der Waals surface area contributed by atoms with Crippen molar-refractivity contribution in [1.82, 2.24) is 0 Å². The van der Waals surface area contributed by atoms with Gasteiger partial charge in [0.05, 0.1) is 0 Å². The van der Waals surface area contributed by atoms with E-state index in [2.05, 4.69) is 13.8 Å². The van der Waals surface area contributed by atoms with Gasteiger partial charge in [0.2, 0.25) is 0 Å². The summed E-state index contributed by atoms with van der Waals surface area (Å²) >= 11 is 0. The van der Waals surface area contributed by atoms with Crippen LogP contribution < -0.4 is 0 Å². The third-order valence-electron chi connectivity index (χ3n) is 5.05. The zero-order valence-electron chi connectivity index (χ0n) is 12.2. The van der Waals surface area contributed by atoms with Crippen LogP contribution in [0, 0.1) is 17.3 Å². The number of allylic oxidation sites excluding steroid dienone is 2. The van der Waals surface area contributed by atoms with E-state index in [4.69, 9.17) is 0 Å². The Balaban J connectivity index is 2.13. The fourth-order valence-corrected chi connectivity index (χ4v) is 4.38. The molecule has 0 amide bonds. The van der Waals surface area contributed by atoms with E-state index in [1.807, 2.05) is 37.3 Å². The average molecular weight is 268 g/mol. The van der Waals surface area contributed by atoms with Crippen molar-refractivity contribution in [2.45, 2.75) is 33.1 Å². The summed E-state index contributed by atoms with van der Waals surface area (Å²) in [5.41, 5.74) is 1.76. The molecular weight excluding hydrogens is 248 g/mol. The van der Waals surface area contributed by atoms with E-state index in [1.165, 1.54) is 0 Å². The monoisotopic (exact) mass is 268 g/mol. The van der Waals surface area contributed by atoms with Crippen molar-refractivity contribution in [1.29, 1.82) is 0 Å². The van der Waals surface area contributed by atoms with Gasteiger partial charge in [-0.25, -0.2) is 0 Å². The van der Waals surface area contributed by atoms with Crippen molar-refractivity contribution in [3.8, 4) is 0 Å². The van der Waals surface area contributed by atoms with Gasteiger partial charge in [-0.1, -0.05) is 49.8 Å². The molecule has 2 aliphatic rings. The van der Waals surface area contributed by atoms with Gasteiger partial charge >= 0.3 is 0 Å². The van der Waals surface area contributed by atoms with E-state index in [0.29, 0.717) is 6.42 Å². The number of Topliss-reactive ketones (excluding diaryl/α,β-unsaturated/α-hetero) is 1. The molecule has 1 fully saturated rings. The van der Waals surface area contributed by atoms with Crippen LogP contribution in [0.2, 0.25) is 0 Å². The minimum absolute atomic E-state index is 0.0202. The first-order valence-electron chi connectivity index (χ1n) is 7.22. The van der Waals surface area contributed by atoms with Crippen LogP contribution >= 0.6 is 0 Å². The lowest BCUT2D eigenvalue weighted by atomic mass is 9.51. The van der Waals surface area contributed by atoms with E-state index in [9.17, 15) is 9.59 Å². The summed E-state index contributed by atoms with van der Waals surface area (Å²) in [5, 5.41) is 0.